The van der Waals surface area contributed by atoms with E-state index in [1.165, 1.54) is 16.7 Å². The summed E-state index contributed by atoms with van der Waals surface area (Å²) < 4.78 is 4.06. The van der Waals surface area contributed by atoms with Gasteiger partial charge < -0.3 is 5.32 Å². The fourth-order valence-electron chi connectivity index (χ4n) is 2.81. The maximum absolute atomic E-state index is 4.56. The van der Waals surface area contributed by atoms with Crippen molar-refractivity contribution in [1.82, 2.24) is 24.6 Å². The van der Waals surface area contributed by atoms with E-state index in [-0.39, 0.29) is 0 Å². The van der Waals surface area contributed by atoms with Gasteiger partial charge in [0.2, 0.25) is 0 Å². The van der Waals surface area contributed by atoms with Gasteiger partial charge in [-0.25, -0.2) is 4.98 Å². The molecule has 0 aliphatic heterocycles. The SMILES string of the molecule is CNCc1c(C)nn(C)c1-n1cnc2cc(C)c(C)cc21. The van der Waals surface area contributed by atoms with Gasteiger partial charge in [-0.15, -0.1) is 0 Å². The molecule has 0 saturated heterocycles. The van der Waals surface area contributed by atoms with E-state index < -0.39 is 0 Å². The molecule has 3 rings (SSSR count). The van der Waals surface area contributed by atoms with Crippen molar-refractivity contribution in [3.63, 3.8) is 0 Å². The van der Waals surface area contributed by atoms with Crippen LogP contribution in [0.25, 0.3) is 16.9 Å². The normalized spacial score (nSPS) is 11.5. The van der Waals surface area contributed by atoms with Gasteiger partial charge >= 0.3 is 0 Å². The molecule has 2 aromatic heterocycles. The highest BCUT2D eigenvalue weighted by molar-refractivity contribution is 5.79. The number of fused-ring (bicyclic) bond motifs is 1. The van der Waals surface area contributed by atoms with Crippen molar-refractivity contribution < 1.29 is 0 Å². The molecular weight excluding hydrogens is 262 g/mol. The van der Waals surface area contributed by atoms with E-state index in [0.29, 0.717) is 0 Å². The molecule has 21 heavy (non-hydrogen) atoms. The lowest BCUT2D eigenvalue weighted by atomic mass is 10.1. The first-order chi connectivity index (χ1) is 10.0. The number of benzene rings is 1. The molecule has 0 unspecified atom stereocenters. The Morgan fingerprint density at radius 1 is 1.14 bits per heavy atom. The third kappa shape index (κ3) is 2.14. The smallest absolute Gasteiger partial charge is 0.141 e. The van der Waals surface area contributed by atoms with Crippen molar-refractivity contribution in [3.8, 4) is 5.82 Å². The minimum absolute atomic E-state index is 0.791. The van der Waals surface area contributed by atoms with Crippen molar-refractivity contribution in [1.29, 1.82) is 0 Å². The van der Waals surface area contributed by atoms with Crippen molar-refractivity contribution in [3.05, 3.63) is 40.8 Å². The molecule has 110 valence electrons. The number of aryl methyl sites for hydroxylation is 4. The summed E-state index contributed by atoms with van der Waals surface area (Å²) in [6.07, 6.45) is 1.89. The Morgan fingerprint density at radius 2 is 1.86 bits per heavy atom. The lowest BCUT2D eigenvalue weighted by Crippen LogP contribution is -2.10. The number of nitrogens with zero attached hydrogens (tertiary/aromatic N) is 4. The summed E-state index contributed by atoms with van der Waals surface area (Å²) in [5.74, 6) is 1.08. The fraction of sp³-hybridized carbons (Fsp3) is 0.375. The van der Waals surface area contributed by atoms with Crippen LogP contribution >= 0.6 is 0 Å². The highest BCUT2D eigenvalue weighted by Crippen LogP contribution is 2.25. The summed E-state index contributed by atoms with van der Waals surface area (Å²) >= 11 is 0. The molecule has 0 spiro atoms. The van der Waals surface area contributed by atoms with Gasteiger partial charge in [-0.2, -0.15) is 5.10 Å². The molecule has 0 bridgehead atoms. The second kappa shape index (κ2) is 5.00. The average molecular weight is 283 g/mol. The number of aromatic nitrogens is 4. The molecule has 0 fully saturated rings. The fourth-order valence-corrected chi connectivity index (χ4v) is 2.81. The summed E-state index contributed by atoms with van der Waals surface area (Å²) in [5, 5.41) is 7.78. The molecule has 0 aliphatic carbocycles. The summed E-state index contributed by atoms with van der Waals surface area (Å²) in [6.45, 7) is 7.09. The second-order valence-corrected chi connectivity index (χ2v) is 5.58. The zero-order valence-corrected chi connectivity index (χ0v) is 13.2. The van der Waals surface area contributed by atoms with Crippen LogP contribution in [0.3, 0.4) is 0 Å². The van der Waals surface area contributed by atoms with Gasteiger partial charge in [-0.3, -0.25) is 9.25 Å². The van der Waals surface area contributed by atoms with E-state index in [0.717, 1.165) is 29.1 Å². The van der Waals surface area contributed by atoms with Crippen LogP contribution in [0.4, 0.5) is 0 Å². The summed E-state index contributed by atoms with van der Waals surface area (Å²) in [5.41, 5.74) is 6.94. The molecule has 1 aromatic carbocycles. The van der Waals surface area contributed by atoms with Crippen LogP contribution in [0.1, 0.15) is 22.4 Å². The third-order valence-electron chi connectivity index (χ3n) is 4.06. The van der Waals surface area contributed by atoms with Crippen LogP contribution in [0.5, 0.6) is 0 Å². The minimum atomic E-state index is 0.791. The van der Waals surface area contributed by atoms with Gasteiger partial charge in [-0.05, 0) is 51.1 Å². The minimum Gasteiger partial charge on any atom is -0.315 e. The van der Waals surface area contributed by atoms with Gasteiger partial charge in [0.1, 0.15) is 12.1 Å². The maximum atomic E-state index is 4.56. The quantitative estimate of drug-likeness (QED) is 0.803. The number of hydrogen-bond acceptors (Lipinski definition) is 3. The molecule has 1 N–H and O–H groups in total. The Labute approximate surface area is 124 Å². The number of imidazole rings is 1. The Hall–Kier alpha value is -2.14. The topological polar surface area (TPSA) is 47.7 Å². The lowest BCUT2D eigenvalue weighted by Gasteiger charge is -2.09. The molecule has 0 amide bonds. The second-order valence-electron chi connectivity index (χ2n) is 5.58. The van der Waals surface area contributed by atoms with Gasteiger partial charge in [0, 0.05) is 19.2 Å². The van der Waals surface area contributed by atoms with Crippen molar-refractivity contribution in [2.75, 3.05) is 7.05 Å². The Morgan fingerprint density at radius 3 is 2.57 bits per heavy atom. The summed E-state index contributed by atoms with van der Waals surface area (Å²) in [7, 11) is 3.93. The van der Waals surface area contributed by atoms with Crippen molar-refractivity contribution in [2.24, 2.45) is 7.05 Å². The van der Waals surface area contributed by atoms with E-state index in [4.69, 9.17) is 0 Å². The predicted octanol–water partition coefficient (Wildman–Crippen LogP) is 2.40. The van der Waals surface area contributed by atoms with E-state index in [1.54, 1.807) is 0 Å². The maximum Gasteiger partial charge on any atom is 0.141 e. The Balaban J connectivity index is 2.28. The molecule has 5 heteroatoms. The molecule has 5 nitrogen and oxygen atoms in total. The predicted molar refractivity (Wildman–Crippen MR) is 84.8 cm³/mol. The first-order valence-corrected chi connectivity index (χ1v) is 7.14. The summed E-state index contributed by atoms with van der Waals surface area (Å²) in [6, 6.07) is 4.34. The molecule has 0 atom stereocenters. The first-order valence-electron chi connectivity index (χ1n) is 7.14. The highest BCUT2D eigenvalue weighted by Gasteiger charge is 2.16. The lowest BCUT2D eigenvalue weighted by molar-refractivity contribution is 0.723. The summed E-state index contributed by atoms with van der Waals surface area (Å²) in [4.78, 5) is 4.55. The standard InChI is InChI=1S/C16H21N5/c1-10-6-14-15(7-11(10)2)21(9-18-14)16-13(8-17-4)12(3)19-20(16)5/h6-7,9,17H,8H2,1-5H3. The third-order valence-corrected chi connectivity index (χ3v) is 4.06. The average Bonchev–Trinajstić information content (AvgIpc) is 2.93. The van der Waals surface area contributed by atoms with Crippen molar-refractivity contribution in [2.45, 2.75) is 27.3 Å². The largest absolute Gasteiger partial charge is 0.315 e. The Kier molecular flexibility index (Phi) is 3.29. The van der Waals surface area contributed by atoms with E-state index >= 15 is 0 Å². The number of nitrogens with one attached hydrogen (secondary N) is 1. The van der Waals surface area contributed by atoms with Crippen LogP contribution in [0.2, 0.25) is 0 Å². The van der Waals surface area contributed by atoms with E-state index in [2.05, 4.69) is 45.9 Å². The first kappa shape index (κ1) is 13.8. The van der Waals surface area contributed by atoms with Crippen LogP contribution in [0, 0.1) is 20.8 Å². The van der Waals surface area contributed by atoms with Crippen LogP contribution in [-0.4, -0.2) is 26.4 Å². The molecule has 0 radical (unpaired) electrons. The molecule has 2 heterocycles. The molecule has 0 saturated carbocycles. The van der Waals surface area contributed by atoms with E-state index in [1.807, 2.05) is 32.0 Å². The van der Waals surface area contributed by atoms with Gasteiger partial charge in [0.25, 0.3) is 0 Å². The Bertz CT molecular complexity index is 810. The van der Waals surface area contributed by atoms with Gasteiger partial charge in [0.15, 0.2) is 0 Å². The monoisotopic (exact) mass is 283 g/mol. The molecule has 3 aromatic rings. The zero-order chi connectivity index (χ0) is 15.1. The van der Waals surface area contributed by atoms with Gasteiger partial charge in [0.05, 0.1) is 16.7 Å². The van der Waals surface area contributed by atoms with Crippen LogP contribution in [0.15, 0.2) is 18.5 Å². The van der Waals surface area contributed by atoms with Crippen LogP contribution in [-0.2, 0) is 13.6 Å². The highest BCUT2D eigenvalue weighted by atomic mass is 15.3. The van der Waals surface area contributed by atoms with Crippen molar-refractivity contribution >= 4 is 11.0 Å². The molecule has 0 aliphatic rings. The number of hydrogen-bond donors (Lipinski definition) is 1. The number of rotatable bonds is 3. The van der Waals surface area contributed by atoms with E-state index in [9.17, 15) is 0 Å². The molecular formula is C16H21N5. The van der Waals surface area contributed by atoms with Gasteiger partial charge in [-0.1, -0.05) is 0 Å². The zero-order valence-electron chi connectivity index (χ0n) is 13.2. The van der Waals surface area contributed by atoms with Crippen LogP contribution < -0.4 is 5.32 Å².